The van der Waals surface area contributed by atoms with Crippen molar-refractivity contribution < 1.29 is 19.1 Å². The van der Waals surface area contributed by atoms with E-state index in [2.05, 4.69) is 36.1 Å². The van der Waals surface area contributed by atoms with E-state index >= 15 is 0 Å². The van der Waals surface area contributed by atoms with Crippen LogP contribution < -0.4 is 0 Å². The molecule has 1 aliphatic carbocycles. The van der Waals surface area contributed by atoms with Gasteiger partial charge in [-0.2, -0.15) is 0 Å². The van der Waals surface area contributed by atoms with Crippen LogP contribution in [0.25, 0.3) is 11.1 Å². The lowest BCUT2D eigenvalue weighted by atomic mass is 9.82. The minimum absolute atomic E-state index is 0.0363. The van der Waals surface area contributed by atoms with Gasteiger partial charge in [0.25, 0.3) is 0 Å². The molecule has 0 spiro atoms. The van der Waals surface area contributed by atoms with Crippen LogP contribution in [0.4, 0.5) is 4.79 Å². The van der Waals surface area contributed by atoms with Crippen molar-refractivity contribution in [3.05, 3.63) is 59.7 Å². The molecule has 5 heteroatoms. The summed E-state index contributed by atoms with van der Waals surface area (Å²) in [5.41, 5.74) is 4.82. The quantitative estimate of drug-likeness (QED) is 0.676. The molecule has 2 aromatic rings. The maximum Gasteiger partial charge on any atom is 0.410 e. The first-order chi connectivity index (χ1) is 15.7. The van der Waals surface area contributed by atoms with Gasteiger partial charge in [-0.25, -0.2) is 4.79 Å². The van der Waals surface area contributed by atoms with E-state index in [1.165, 1.54) is 22.3 Å². The van der Waals surface area contributed by atoms with Crippen LogP contribution in [-0.4, -0.2) is 48.7 Å². The number of ether oxygens (including phenoxy) is 2. The Morgan fingerprint density at radius 2 is 1.59 bits per heavy atom. The van der Waals surface area contributed by atoms with Gasteiger partial charge in [-0.3, -0.25) is 9.69 Å². The van der Waals surface area contributed by atoms with Gasteiger partial charge >= 0.3 is 6.09 Å². The topological polar surface area (TPSA) is 55.8 Å². The van der Waals surface area contributed by atoms with Crippen LogP contribution in [-0.2, 0) is 14.3 Å². The Morgan fingerprint density at radius 1 is 1.00 bits per heavy atom. The average Bonchev–Trinajstić information content (AvgIpc) is 3.14. The Kier molecular flexibility index (Phi) is 5.71. The second kappa shape index (κ2) is 8.80. The molecular formula is C27H27NO4. The molecule has 32 heavy (non-hydrogen) atoms. The van der Waals surface area contributed by atoms with Crippen molar-refractivity contribution in [3.8, 4) is 23.0 Å². The summed E-state index contributed by atoms with van der Waals surface area (Å²) in [5.74, 6) is 5.81. The molecule has 2 aromatic carbocycles. The zero-order chi connectivity index (χ0) is 22.1. The van der Waals surface area contributed by atoms with Crippen molar-refractivity contribution in [1.29, 1.82) is 0 Å². The minimum atomic E-state index is -0.301. The molecule has 0 saturated carbocycles. The van der Waals surface area contributed by atoms with Crippen LogP contribution in [0.5, 0.6) is 0 Å². The summed E-state index contributed by atoms with van der Waals surface area (Å²) in [4.78, 5) is 27.5. The first-order valence-electron chi connectivity index (χ1n) is 11.3. The van der Waals surface area contributed by atoms with Crippen molar-refractivity contribution in [2.24, 2.45) is 5.92 Å². The third-order valence-corrected chi connectivity index (χ3v) is 6.96. The zero-order valence-corrected chi connectivity index (χ0v) is 18.3. The highest BCUT2D eigenvalue weighted by atomic mass is 16.6. The Bertz CT molecular complexity index is 1040. The lowest BCUT2D eigenvalue weighted by Crippen LogP contribution is -2.60. The summed E-state index contributed by atoms with van der Waals surface area (Å²) in [6, 6.07) is 16.4. The van der Waals surface area contributed by atoms with Gasteiger partial charge in [0, 0.05) is 11.8 Å². The molecule has 2 bridgehead atoms. The molecule has 2 unspecified atom stereocenters. The second-order valence-electron chi connectivity index (χ2n) is 8.79. The molecule has 5 nitrogen and oxygen atoms in total. The van der Waals surface area contributed by atoms with Gasteiger partial charge in [-0.15, -0.1) is 5.92 Å². The van der Waals surface area contributed by atoms with E-state index in [0.717, 1.165) is 0 Å². The monoisotopic (exact) mass is 429 g/mol. The lowest BCUT2D eigenvalue weighted by molar-refractivity contribution is -0.130. The minimum Gasteiger partial charge on any atom is -0.448 e. The molecule has 1 amide bonds. The molecule has 2 heterocycles. The predicted molar refractivity (Wildman–Crippen MR) is 121 cm³/mol. The second-order valence-corrected chi connectivity index (χ2v) is 8.79. The van der Waals surface area contributed by atoms with E-state index in [1.54, 1.807) is 6.92 Å². The smallest absolute Gasteiger partial charge is 0.410 e. The van der Waals surface area contributed by atoms with Crippen LogP contribution in [0.3, 0.4) is 0 Å². The summed E-state index contributed by atoms with van der Waals surface area (Å²) in [6.45, 7) is 2.95. The molecule has 164 valence electrons. The van der Waals surface area contributed by atoms with E-state index in [4.69, 9.17) is 9.47 Å². The van der Waals surface area contributed by atoms with Crippen LogP contribution in [0.2, 0.25) is 0 Å². The normalized spacial score (nSPS) is 23.5. The molecule has 5 rings (SSSR count). The lowest BCUT2D eigenvalue weighted by Gasteiger charge is -2.47. The summed E-state index contributed by atoms with van der Waals surface area (Å²) in [6.07, 6.45) is 1.21. The van der Waals surface area contributed by atoms with E-state index in [9.17, 15) is 9.59 Å². The van der Waals surface area contributed by atoms with Crippen molar-refractivity contribution in [3.63, 3.8) is 0 Å². The predicted octanol–water partition coefficient (Wildman–Crippen LogP) is 4.40. The first-order valence-corrected chi connectivity index (χ1v) is 11.3. The number of piperidine rings is 1. The Labute approximate surface area is 188 Å². The SMILES string of the molecule is CC#CCC(=O)C1CC2COCC(C1)N2C(=O)OCC1c2ccccc2-c2ccccc21. The molecule has 2 aliphatic heterocycles. The molecule has 3 aliphatic rings. The van der Waals surface area contributed by atoms with Gasteiger partial charge in [0.05, 0.1) is 31.7 Å². The number of amides is 1. The largest absolute Gasteiger partial charge is 0.448 e. The van der Waals surface area contributed by atoms with Gasteiger partial charge in [0.15, 0.2) is 0 Å². The van der Waals surface area contributed by atoms with E-state index in [1.807, 2.05) is 29.2 Å². The van der Waals surface area contributed by atoms with Gasteiger partial charge in [0.2, 0.25) is 0 Å². The first kappa shape index (κ1) is 20.8. The van der Waals surface area contributed by atoms with Crippen molar-refractivity contribution in [1.82, 2.24) is 4.90 Å². The van der Waals surface area contributed by atoms with Crippen LogP contribution >= 0.6 is 0 Å². The number of hydrogen-bond acceptors (Lipinski definition) is 4. The number of fused-ring (bicyclic) bond motifs is 5. The third kappa shape index (κ3) is 3.69. The van der Waals surface area contributed by atoms with Gasteiger partial charge in [0.1, 0.15) is 12.4 Å². The maximum absolute atomic E-state index is 13.2. The Hall–Kier alpha value is -3.10. The highest BCUT2D eigenvalue weighted by molar-refractivity contribution is 5.84. The van der Waals surface area contributed by atoms with E-state index in [-0.39, 0.29) is 42.2 Å². The van der Waals surface area contributed by atoms with E-state index < -0.39 is 0 Å². The highest BCUT2D eigenvalue weighted by Crippen LogP contribution is 2.44. The Balaban J connectivity index is 1.29. The van der Waals surface area contributed by atoms with E-state index in [0.29, 0.717) is 32.7 Å². The van der Waals surface area contributed by atoms with Gasteiger partial charge < -0.3 is 9.47 Å². The van der Waals surface area contributed by atoms with Gasteiger partial charge in [-0.1, -0.05) is 54.5 Å². The number of nitrogens with zero attached hydrogens (tertiary/aromatic N) is 1. The number of ketones is 1. The zero-order valence-electron chi connectivity index (χ0n) is 18.3. The fraction of sp³-hybridized carbons (Fsp3) is 0.407. The molecule has 2 fully saturated rings. The summed E-state index contributed by atoms with van der Waals surface area (Å²) in [7, 11) is 0. The third-order valence-electron chi connectivity index (χ3n) is 6.96. The van der Waals surface area contributed by atoms with Gasteiger partial charge in [-0.05, 0) is 42.0 Å². The number of carbonyl (C=O) groups excluding carboxylic acids is 2. The van der Waals surface area contributed by atoms with Crippen molar-refractivity contribution >= 4 is 11.9 Å². The number of hydrogen-bond donors (Lipinski definition) is 0. The molecule has 2 atom stereocenters. The molecule has 0 radical (unpaired) electrons. The maximum atomic E-state index is 13.2. The van der Waals surface area contributed by atoms with Crippen LogP contribution in [0.1, 0.15) is 43.2 Å². The summed E-state index contributed by atoms with van der Waals surface area (Å²) >= 11 is 0. The highest BCUT2D eigenvalue weighted by Gasteiger charge is 2.44. The number of rotatable bonds is 4. The van der Waals surface area contributed by atoms with Crippen LogP contribution in [0, 0.1) is 17.8 Å². The molecular weight excluding hydrogens is 402 g/mol. The van der Waals surface area contributed by atoms with Crippen molar-refractivity contribution in [2.45, 2.75) is 44.2 Å². The summed E-state index contributed by atoms with van der Waals surface area (Å²) in [5, 5.41) is 0. The average molecular weight is 430 g/mol. The molecule has 0 N–H and O–H groups in total. The van der Waals surface area contributed by atoms with Crippen molar-refractivity contribution in [2.75, 3.05) is 19.8 Å². The molecule has 2 saturated heterocycles. The number of carbonyl (C=O) groups is 2. The number of morpholine rings is 1. The number of benzene rings is 2. The van der Waals surface area contributed by atoms with Crippen LogP contribution in [0.15, 0.2) is 48.5 Å². The fourth-order valence-corrected chi connectivity index (χ4v) is 5.46. The number of Topliss-reactive ketones (excluding diaryl/α,β-unsaturated/α-hetero) is 1. The summed E-state index contributed by atoms with van der Waals surface area (Å²) < 4.78 is 11.6. The Morgan fingerprint density at radius 3 is 2.19 bits per heavy atom. The fourth-order valence-electron chi connectivity index (χ4n) is 5.46. The standard InChI is InChI=1S/C27H27NO4/c1-2-3-12-26(29)18-13-19-15-31-16-20(14-18)28(19)27(30)32-17-25-23-10-6-4-8-21(23)22-9-5-7-11-24(22)25/h4-11,18-20,25H,12-17H2,1H3. The molecule has 0 aromatic heterocycles.